The van der Waals surface area contributed by atoms with E-state index in [1.54, 1.807) is 20.1 Å². The lowest BCUT2D eigenvalue weighted by atomic mass is 10.3. The molecule has 1 aromatic rings. The molecule has 0 spiro atoms. The molecule has 0 saturated carbocycles. The Hall–Kier alpha value is -0.890. The summed E-state index contributed by atoms with van der Waals surface area (Å²) in [5, 5.41) is 3.20. The maximum Gasteiger partial charge on any atom is 0.244 e. The molecule has 1 unspecified atom stereocenters. The standard InChI is InChI=1S/C14H26N2O4S/c1-6-12(9-19-5)16-21(17,18)14-7-13(20-11(14)4)8-15-10(2)3/h7,10,12,15-16H,6,8-9H2,1-5H3. The third kappa shape index (κ3) is 5.43. The van der Waals surface area contributed by atoms with Gasteiger partial charge in [-0.1, -0.05) is 20.8 Å². The van der Waals surface area contributed by atoms with Gasteiger partial charge in [-0.25, -0.2) is 13.1 Å². The van der Waals surface area contributed by atoms with Crippen LogP contribution >= 0.6 is 0 Å². The minimum atomic E-state index is -3.59. The highest BCUT2D eigenvalue weighted by molar-refractivity contribution is 7.89. The fraction of sp³-hybridized carbons (Fsp3) is 0.714. The van der Waals surface area contributed by atoms with Crippen LogP contribution in [0.1, 0.15) is 38.7 Å². The Balaban J connectivity index is 2.87. The Kier molecular flexibility index (Phi) is 6.86. The number of hydrogen-bond donors (Lipinski definition) is 2. The monoisotopic (exact) mass is 318 g/mol. The normalized spacial score (nSPS) is 13.8. The average molecular weight is 318 g/mol. The van der Waals surface area contributed by atoms with Crippen LogP contribution in [0.3, 0.4) is 0 Å². The van der Waals surface area contributed by atoms with E-state index >= 15 is 0 Å². The van der Waals surface area contributed by atoms with Crippen LogP contribution < -0.4 is 10.0 Å². The van der Waals surface area contributed by atoms with Crippen molar-refractivity contribution in [3.63, 3.8) is 0 Å². The van der Waals surface area contributed by atoms with Gasteiger partial charge < -0.3 is 14.5 Å². The lowest BCUT2D eigenvalue weighted by Gasteiger charge is -2.15. The lowest BCUT2D eigenvalue weighted by Crippen LogP contribution is -2.37. The van der Waals surface area contributed by atoms with Crippen molar-refractivity contribution in [3.8, 4) is 0 Å². The van der Waals surface area contributed by atoms with Gasteiger partial charge in [0.2, 0.25) is 10.0 Å². The van der Waals surface area contributed by atoms with Crippen molar-refractivity contribution in [2.75, 3.05) is 13.7 Å². The molecule has 1 rings (SSSR count). The number of sulfonamides is 1. The first-order chi connectivity index (χ1) is 9.80. The molecule has 0 bridgehead atoms. The van der Waals surface area contributed by atoms with E-state index in [-0.39, 0.29) is 10.9 Å². The summed E-state index contributed by atoms with van der Waals surface area (Å²) < 4.78 is 38.0. The summed E-state index contributed by atoms with van der Waals surface area (Å²) in [6, 6.07) is 1.64. The first-order valence-electron chi connectivity index (χ1n) is 7.14. The predicted octanol–water partition coefficient (Wildman–Crippen LogP) is 1.79. The molecular weight excluding hydrogens is 292 g/mol. The largest absolute Gasteiger partial charge is 0.464 e. The van der Waals surface area contributed by atoms with E-state index in [9.17, 15) is 8.42 Å². The van der Waals surface area contributed by atoms with E-state index in [0.29, 0.717) is 37.1 Å². The molecule has 0 radical (unpaired) electrons. The molecule has 7 heteroatoms. The van der Waals surface area contributed by atoms with Crippen molar-refractivity contribution in [1.82, 2.24) is 10.0 Å². The molecule has 122 valence electrons. The molecule has 0 aliphatic carbocycles. The molecule has 1 heterocycles. The summed E-state index contributed by atoms with van der Waals surface area (Å²) in [4.78, 5) is 0.192. The zero-order chi connectivity index (χ0) is 16.0. The summed E-state index contributed by atoms with van der Waals surface area (Å²) >= 11 is 0. The smallest absolute Gasteiger partial charge is 0.244 e. The fourth-order valence-electron chi connectivity index (χ4n) is 1.90. The van der Waals surface area contributed by atoms with Crippen LogP contribution in [0, 0.1) is 6.92 Å². The van der Waals surface area contributed by atoms with Gasteiger partial charge in [-0.3, -0.25) is 0 Å². The van der Waals surface area contributed by atoms with Crippen LogP contribution in [-0.4, -0.2) is 34.2 Å². The second-order valence-corrected chi connectivity index (χ2v) is 7.03. The lowest BCUT2D eigenvalue weighted by molar-refractivity contribution is 0.173. The second kappa shape index (κ2) is 7.93. The first-order valence-corrected chi connectivity index (χ1v) is 8.62. The summed E-state index contributed by atoms with van der Waals surface area (Å²) in [7, 11) is -2.04. The third-order valence-corrected chi connectivity index (χ3v) is 4.71. The summed E-state index contributed by atoms with van der Waals surface area (Å²) in [6.45, 7) is 8.45. The van der Waals surface area contributed by atoms with Gasteiger partial charge in [-0.15, -0.1) is 0 Å². The van der Waals surface area contributed by atoms with Crippen LogP contribution in [0.25, 0.3) is 0 Å². The topological polar surface area (TPSA) is 80.6 Å². The predicted molar refractivity (Wildman–Crippen MR) is 81.7 cm³/mol. The molecular formula is C14H26N2O4S. The van der Waals surface area contributed by atoms with Gasteiger partial charge in [0.1, 0.15) is 16.4 Å². The molecule has 21 heavy (non-hydrogen) atoms. The molecule has 0 aromatic carbocycles. The van der Waals surface area contributed by atoms with Gasteiger partial charge >= 0.3 is 0 Å². The Labute approximate surface area is 127 Å². The highest BCUT2D eigenvalue weighted by atomic mass is 32.2. The average Bonchev–Trinajstić information content (AvgIpc) is 2.77. The fourth-order valence-corrected chi connectivity index (χ4v) is 3.41. The zero-order valence-corrected chi connectivity index (χ0v) is 14.2. The quantitative estimate of drug-likeness (QED) is 0.725. The van der Waals surface area contributed by atoms with Crippen LogP contribution in [-0.2, 0) is 21.3 Å². The summed E-state index contributed by atoms with van der Waals surface area (Å²) in [5.41, 5.74) is 0. The minimum Gasteiger partial charge on any atom is -0.464 e. The number of rotatable bonds is 9. The first kappa shape index (κ1) is 18.2. The molecule has 0 fully saturated rings. The Bertz CT molecular complexity index is 537. The molecule has 0 amide bonds. The van der Waals surface area contributed by atoms with E-state index in [2.05, 4.69) is 10.0 Å². The van der Waals surface area contributed by atoms with Crippen LogP contribution in [0.2, 0.25) is 0 Å². The third-order valence-electron chi connectivity index (χ3n) is 3.08. The van der Waals surface area contributed by atoms with Gasteiger partial charge in [0.25, 0.3) is 0 Å². The molecule has 1 atom stereocenters. The maximum atomic E-state index is 12.4. The van der Waals surface area contributed by atoms with Gasteiger partial charge in [0.05, 0.1) is 13.2 Å². The van der Waals surface area contributed by atoms with Gasteiger partial charge in [0.15, 0.2) is 0 Å². The van der Waals surface area contributed by atoms with Gasteiger partial charge in [-0.2, -0.15) is 0 Å². The number of ether oxygens (including phenoxy) is 1. The number of nitrogens with one attached hydrogen (secondary N) is 2. The van der Waals surface area contributed by atoms with Crippen LogP contribution in [0.15, 0.2) is 15.4 Å². The number of furan rings is 1. The SMILES string of the molecule is CCC(COC)NS(=O)(=O)c1cc(CNC(C)C)oc1C. The van der Waals surface area contributed by atoms with Gasteiger partial charge in [-0.05, 0) is 13.3 Å². The van der Waals surface area contributed by atoms with E-state index in [0.717, 1.165) is 0 Å². The van der Waals surface area contributed by atoms with E-state index in [4.69, 9.17) is 9.15 Å². The zero-order valence-electron chi connectivity index (χ0n) is 13.4. The molecule has 0 aliphatic heterocycles. The molecule has 0 aliphatic rings. The van der Waals surface area contributed by atoms with Crippen molar-refractivity contribution in [2.45, 2.75) is 57.6 Å². The summed E-state index contributed by atoms with van der Waals surface area (Å²) in [6.07, 6.45) is 0.658. The number of hydrogen-bond acceptors (Lipinski definition) is 5. The molecule has 1 aromatic heterocycles. The van der Waals surface area contributed by atoms with Crippen molar-refractivity contribution >= 4 is 10.0 Å². The van der Waals surface area contributed by atoms with Crippen molar-refractivity contribution < 1.29 is 17.6 Å². The van der Waals surface area contributed by atoms with E-state index in [1.165, 1.54) is 0 Å². The number of methoxy groups -OCH3 is 1. The second-order valence-electron chi connectivity index (χ2n) is 5.35. The molecule has 2 N–H and O–H groups in total. The highest BCUT2D eigenvalue weighted by Gasteiger charge is 2.24. The molecule has 0 saturated heterocycles. The van der Waals surface area contributed by atoms with Gasteiger partial charge in [0, 0.05) is 25.3 Å². The van der Waals surface area contributed by atoms with E-state index < -0.39 is 10.0 Å². The minimum absolute atomic E-state index is 0.192. The Morgan fingerprint density at radius 1 is 1.38 bits per heavy atom. The Morgan fingerprint density at radius 2 is 2.05 bits per heavy atom. The van der Waals surface area contributed by atoms with E-state index in [1.807, 2.05) is 20.8 Å². The van der Waals surface area contributed by atoms with Crippen LogP contribution in [0.4, 0.5) is 0 Å². The van der Waals surface area contributed by atoms with Crippen molar-refractivity contribution in [1.29, 1.82) is 0 Å². The van der Waals surface area contributed by atoms with Crippen molar-refractivity contribution in [2.24, 2.45) is 0 Å². The highest BCUT2D eigenvalue weighted by Crippen LogP contribution is 2.20. The Morgan fingerprint density at radius 3 is 2.57 bits per heavy atom. The number of aryl methyl sites for hydroxylation is 1. The van der Waals surface area contributed by atoms with Crippen LogP contribution in [0.5, 0.6) is 0 Å². The molecule has 6 nitrogen and oxygen atoms in total. The maximum absolute atomic E-state index is 12.4. The summed E-state index contributed by atoms with van der Waals surface area (Å²) in [5.74, 6) is 1.01. The van der Waals surface area contributed by atoms with Crippen molar-refractivity contribution in [3.05, 3.63) is 17.6 Å².